The van der Waals surface area contributed by atoms with Crippen LogP contribution in [0.1, 0.15) is 17.7 Å². The summed E-state index contributed by atoms with van der Waals surface area (Å²) in [5.74, 6) is 0.511. The fourth-order valence-corrected chi connectivity index (χ4v) is 2.90. The SMILES string of the molecule is CSCC[C@H](O)C(=O)NCCc1c(C)[nH]c2ccccc12. The van der Waals surface area contributed by atoms with E-state index in [4.69, 9.17) is 0 Å². The number of fused-ring (bicyclic) bond motifs is 1. The van der Waals surface area contributed by atoms with Gasteiger partial charge in [0.05, 0.1) is 0 Å². The highest BCUT2D eigenvalue weighted by atomic mass is 32.2. The third kappa shape index (κ3) is 4.02. The number of rotatable bonds is 7. The van der Waals surface area contributed by atoms with Crippen LogP contribution in [0.3, 0.4) is 0 Å². The molecule has 0 saturated heterocycles. The molecular weight excluding hydrogens is 284 g/mol. The van der Waals surface area contributed by atoms with Crippen LogP contribution >= 0.6 is 11.8 Å². The van der Waals surface area contributed by atoms with Gasteiger partial charge in [0.2, 0.25) is 5.91 Å². The van der Waals surface area contributed by atoms with Crippen LogP contribution < -0.4 is 5.32 Å². The summed E-state index contributed by atoms with van der Waals surface area (Å²) in [6.07, 6.45) is 2.32. The van der Waals surface area contributed by atoms with Crippen LogP contribution in [0.2, 0.25) is 0 Å². The Morgan fingerprint density at radius 2 is 2.19 bits per heavy atom. The molecular formula is C16H22N2O2S. The van der Waals surface area contributed by atoms with Gasteiger partial charge in [-0.1, -0.05) is 18.2 Å². The van der Waals surface area contributed by atoms with Gasteiger partial charge in [-0.05, 0) is 43.4 Å². The molecule has 0 unspecified atom stereocenters. The lowest BCUT2D eigenvalue weighted by Gasteiger charge is -2.10. The monoisotopic (exact) mass is 306 g/mol. The molecule has 0 spiro atoms. The average Bonchev–Trinajstić information content (AvgIpc) is 2.80. The second kappa shape index (κ2) is 7.52. The van der Waals surface area contributed by atoms with Crippen molar-refractivity contribution in [3.8, 4) is 0 Å². The largest absolute Gasteiger partial charge is 0.383 e. The Bertz CT molecular complexity index is 609. The first kappa shape index (κ1) is 15.9. The molecule has 1 aromatic carbocycles. The van der Waals surface area contributed by atoms with Crippen LogP contribution in [0.4, 0.5) is 0 Å². The summed E-state index contributed by atoms with van der Waals surface area (Å²) in [5, 5.41) is 13.7. The predicted molar refractivity (Wildman–Crippen MR) is 88.8 cm³/mol. The zero-order valence-corrected chi connectivity index (χ0v) is 13.3. The van der Waals surface area contributed by atoms with Gasteiger partial charge in [-0.25, -0.2) is 0 Å². The van der Waals surface area contributed by atoms with Gasteiger partial charge in [-0.3, -0.25) is 4.79 Å². The number of carbonyl (C=O) groups is 1. The van der Waals surface area contributed by atoms with E-state index in [0.29, 0.717) is 13.0 Å². The van der Waals surface area contributed by atoms with E-state index in [0.717, 1.165) is 23.4 Å². The smallest absolute Gasteiger partial charge is 0.248 e. The maximum Gasteiger partial charge on any atom is 0.248 e. The van der Waals surface area contributed by atoms with Crippen LogP contribution in [-0.2, 0) is 11.2 Å². The third-order valence-corrected chi connectivity index (χ3v) is 4.24. The Morgan fingerprint density at radius 3 is 2.95 bits per heavy atom. The third-order valence-electron chi connectivity index (χ3n) is 3.60. The van der Waals surface area contributed by atoms with Gasteiger partial charge in [0.25, 0.3) is 0 Å². The zero-order chi connectivity index (χ0) is 15.2. The molecule has 3 N–H and O–H groups in total. The first-order valence-corrected chi connectivity index (χ1v) is 8.53. The van der Waals surface area contributed by atoms with Gasteiger partial charge < -0.3 is 15.4 Å². The number of aromatic nitrogens is 1. The van der Waals surface area contributed by atoms with Crippen molar-refractivity contribution < 1.29 is 9.90 Å². The van der Waals surface area contributed by atoms with Crippen molar-refractivity contribution in [1.82, 2.24) is 10.3 Å². The van der Waals surface area contributed by atoms with E-state index in [1.807, 2.05) is 25.3 Å². The van der Waals surface area contributed by atoms with Crippen molar-refractivity contribution in [1.29, 1.82) is 0 Å². The summed E-state index contributed by atoms with van der Waals surface area (Å²) >= 11 is 1.63. The van der Waals surface area contributed by atoms with Gasteiger partial charge in [-0.15, -0.1) is 0 Å². The molecule has 0 aliphatic carbocycles. The molecule has 0 radical (unpaired) electrons. The Morgan fingerprint density at radius 1 is 1.43 bits per heavy atom. The number of aromatic amines is 1. The molecule has 2 rings (SSSR count). The van der Waals surface area contributed by atoms with Crippen molar-refractivity contribution in [3.63, 3.8) is 0 Å². The van der Waals surface area contributed by atoms with Gasteiger partial charge in [0.15, 0.2) is 0 Å². The minimum atomic E-state index is -0.901. The molecule has 114 valence electrons. The van der Waals surface area contributed by atoms with E-state index >= 15 is 0 Å². The minimum Gasteiger partial charge on any atom is -0.383 e. The van der Waals surface area contributed by atoms with E-state index in [1.54, 1.807) is 11.8 Å². The number of aliphatic hydroxyl groups excluding tert-OH is 1. The van der Waals surface area contributed by atoms with E-state index < -0.39 is 6.10 Å². The Labute approximate surface area is 129 Å². The fourth-order valence-electron chi connectivity index (χ4n) is 2.45. The lowest BCUT2D eigenvalue weighted by atomic mass is 10.1. The van der Waals surface area contributed by atoms with Gasteiger partial charge in [0.1, 0.15) is 6.10 Å². The van der Waals surface area contributed by atoms with Gasteiger partial charge >= 0.3 is 0 Å². The Hall–Kier alpha value is -1.46. The minimum absolute atomic E-state index is 0.276. The van der Waals surface area contributed by atoms with Crippen LogP contribution in [0.25, 0.3) is 10.9 Å². The summed E-state index contributed by atoms with van der Waals surface area (Å²) in [7, 11) is 0. The molecule has 0 aliphatic rings. The number of para-hydroxylation sites is 1. The number of hydrogen-bond donors (Lipinski definition) is 3. The predicted octanol–water partition coefficient (Wildman–Crippen LogP) is 2.25. The lowest BCUT2D eigenvalue weighted by Crippen LogP contribution is -2.36. The first-order valence-electron chi connectivity index (χ1n) is 7.14. The quantitative estimate of drug-likeness (QED) is 0.735. The maximum absolute atomic E-state index is 11.7. The summed E-state index contributed by atoms with van der Waals surface area (Å²) in [5.41, 5.74) is 3.48. The topological polar surface area (TPSA) is 65.1 Å². The second-order valence-electron chi connectivity index (χ2n) is 5.11. The van der Waals surface area contributed by atoms with E-state index in [2.05, 4.69) is 22.4 Å². The fraction of sp³-hybridized carbons (Fsp3) is 0.438. The molecule has 0 saturated carbocycles. The van der Waals surface area contributed by atoms with E-state index in [9.17, 15) is 9.90 Å². The van der Waals surface area contributed by atoms with Crippen molar-refractivity contribution in [2.75, 3.05) is 18.6 Å². The maximum atomic E-state index is 11.7. The zero-order valence-electron chi connectivity index (χ0n) is 12.5. The number of H-pyrrole nitrogens is 1. The molecule has 21 heavy (non-hydrogen) atoms. The molecule has 1 heterocycles. The number of amides is 1. The summed E-state index contributed by atoms with van der Waals surface area (Å²) < 4.78 is 0. The van der Waals surface area contributed by atoms with E-state index in [-0.39, 0.29) is 5.91 Å². The number of aryl methyl sites for hydroxylation is 1. The van der Waals surface area contributed by atoms with Crippen LogP contribution in [0.5, 0.6) is 0 Å². The Kier molecular flexibility index (Phi) is 5.70. The molecule has 2 aromatic rings. The van der Waals surface area contributed by atoms with Crippen molar-refractivity contribution in [2.45, 2.75) is 25.9 Å². The lowest BCUT2D eigenvalue weighted by molar-refractivity contribution is -0.129. The Balaban J connectivity index is 1.90. The van der Waals surface area contributed by atoms with E-state index in [1.165, 1.54) is 10.9 Å². The standard InChI is InChI=1S/C16H22N2O2S/c1-11-12(13-5-3-4-6-14(13)18-11)7-9-17-16(20)15(19)8-10-21-2/h3-6,15,18-19H,7-10H2,1-2H3,(H,17,20)/t15-/m0/s1. The first-order chi connectivity index (χ1) is 10.1. The number of hydrogen-bond acceptors (Lipinski definition) is 3. The highest BCUT2D eigenvalue weighted by Gasteiger charge is 2.14. The summed E-state index contributed by atoms with van der Waals surface area (Å²) in [6, 6.07) is 8.16. The number of benzene rings is 1. The van der Waals surface area contributed by atoms with Crippen LogP contribution in [-0.4, -0.2) is 40.7 Å². The van der Waals surface area contributed by atoms with Crippen molar-refractivity contribution in [3.05, 3.63) is 35.5 Å². The second-order valence-corrected chi connectivity index (χ2v) is 6.10. The molecule has 0 bridgehead atoms. The van der Waals surface area contributed by atoms with Gasteiger partial charge in [0, 0.05) is 23.1 Å². The number of nitrogens with one attached hydrogen (secondary N) is 2. The molecule has 4 nitrogen and oxygen atoms in total. The number of carbonyl (C=O) groups excluding carboxylic acids is 1. The highest BCUT2D eigenvalue weighted by molar-refractivity contribution is 7.98. The van der Waals surface area contributed by atoms with Gasteiger partial charge in [-0.2, -0.15) is 11.8 Å². The molecule has 1 atom stereocenters. The number of thioether (sulfide) groups is 1. The molecule has 0 aliphatic heterocycles. The van der Waals surface area contributed by atoms with Crippen molar-refractivity contribution in [2.24, 2.45) is 0 Å². The molecule has 0 fully saturated rings. The summed E-state index contributed by atoms with van der Waals surface area (Å²) in [4.78, 5) is 15.1. The molecule has 5 heteroatoms. The van der Waals surface area contributed by atoms with Crippen LogP contribution in [0.15, 0.2) is 24.3 Å². The van der Waals surface area contributed by atoms with Crippen molar-refractivity contribution >= 4 is 28.6 Å². The summed E-state index contributed by atoms with van der Waals surface area (Å²) in [6.45, 7) is 2.59. The number of aliphatic hydroxyl groups is 1. The molecule has 1 aromatic heterocycles. The normalized spacial score (nSPS) is 12.5. The molecule has 1 amide bonds. The average molecular weight is 306 g/mol. The highest BCUT2D eigenvalue weighted by Crippen LogP contribution is 2.21. The van der Waals surface area contributed by atoms with Crippen LogP contribution in [0, 0.1) is 6.92 Å².